The largest absolute Gasteiger partial charge is 0.357 e. The molecule has 2 aliphatic rings. The van der Waals surface area contributed by atoms with Crippen LogP contribution < -0.4 is 0 Å². The lowest BCUT2D eigenvalue weighted by atomic mass is 9.75. The van der Waals surface area contributed by atoms with E-state index in [9.17, 15) is 0 Å². The van der Waals surface area contributed by atoms with Crippen molar-refractivity contribution in [3.05, 3.63) is 23.5 Å². The lowest BCUT2D eigenvalue weighted by Crippen LogP contribution is -2.29. The molecule has 0 saturated heterocycles. The molecule has 1 saturated carbocycles. The summed E-state index contributed by atoms with van der Waals surface area (Å²) in [5, 5.41) is 0. The molecule has 1 aromatic heterocycles. The fraction of sp³-hybridized carbons (Fsp3) is 0.684. The summed E-state index contributed by atoms with van der Waals surface area (Å²) >= 11 is 0. The minimum Gasteiger partial charge on any atom is -0.357 e. The summed E-state index contributed by atoms with van der Waals surface area (Å²) in [6.45, 7) is 2.86. The summed E-state index contributed by atoms with van der Waals surface area (Å²) in [4.78, 5) is 0. The smallest absolute Gasteiger partial charge is 0.130 e. The average Bonchev–Trinajstić information content (AvgIpc) is 2.98. The second kappa shape index (κ2) is 6.28. The van der Waals surface area contributed by atoms with Crippen LogP contribution in [0, 0.1) is 17.8 Å². The monoisotopic (exact) mass is 285 g/mol. The first-order chi connectivity index (χ1) is 10.2. The zero-order chi connectivity index (χ0) is 14.7. The van der Waals surface area contributed by atoms with Crippen molar-refractivity contribution >= 4 is 0 Å². The first kappa shape index (κ1) is 14.7. The Morgan fingerprint density at radius 1 is 1.24 bits per heavy atom. The molecule has 2 nitrogen and oxygen atoms in total. The first-order valence-corrected chi connectivity index (χ1v) is 8.52. The third-order valence-corrected chi connectivity index (χ3v) is 5.34. The predicted octanol–water partition coefficient (Wildman–Crippen LogP) is 4.49. The van der Waals surface area contributed by atoms with E-state index in [1.807, 2.05) is 0 Å². The highest BCUT2D eigenvalue weighted by molar-refractivity contribution is 5.25. The maximum Gasteiger partial charge on any atom is 0.130 e. The van der Waals surface area contributed by atoms with Gasteiger partial charge < -0.3 is 9.30 Å². The van der Waals surface area contributed by atoms with E-state index in [-0.39, 0.29) is 11.6 Å². The number of aromatic nitrogens is 1. The molecule has 3 rings (SSSR count). The molecular weight excluding hydrogens is 258 g/mol. The molecule has 1 unspecified atom stereocenters. The number of terminal acetylenes is 1. The van der Waals surface area contributed by atoms with Crippen LogP contribution in [-0.2, 0) is 17.6 Å². The number of aryl methyl sites for hydroxylation is 1. The van der Waals surface area contributed by atoms with Crippen LogP contribution in [0.3, 0.4) is 0 Å². The van der Waals surface area contributed by atoms with E-state index >= 15 is 0 Å². The summed E-state index contributed by atoms with van der Waals surface area (Å²) in [6, 6.07) is 2.27. The summed E-state index contributed by atoms with van der Waals surface area (Å²) in [5.74, 6) is 3.05. The van der Waals surface area contributed by atoms with E-state index < -0.39 is 0 Å². The van der Waals surface area contributed by atoms with Crippen molar-refractivity contribution in [1.82, 2.24) is 4.57 Å². The Balaban J connectivity index is 1.65. The fourth-order valence-corrected chi connectivity index (χ4v) is 3.91. The molecule has 1 aromatic rings. The maximum absolute atomic E-state index is 6.21. The molecule has 0 aromatic carbocycles. The van der Waals surface area contributed by atoms with Crippen LogP contribution >= 0.6 is 0 Å². The Labute approximate surface area is 128 Å². The van der Waals surface area contributed by atoms with Gasteiger partial charge in [-0.1, -0.05) is 25.2 Å². The molecule has 0 radical (unpaired) electrons. The van der Waals surface area contributed by atoms with Crippen molar-refractivity contribution in [1.29, 1.82) is 0 Å². The van der Waals surface area contributed by atoms with Gasteiger partial charge in [0.1, 0.15) is 6.23 Å². The quantitative estimate of drug-likeness (QED) is 0.744. The third-order valence-electron chi connectivity index (χ3n) is 5.34. The summed E-state index contributed by atoms with van der Waals surface area (Å²) in [5.41, 5.74) is 2.98. The number of hydrogen-bond donors (Lipinski definition) is 0. The predicted molar refractivity (Wildman–Crippen MR) is 86.1 cm³/mol. The van der Waals surface area contributed by atoms with Gasteiger partial charge >= 0.3 is 0 Å². The highest BCUT2D eigenvalue weighted by Crippen LogP contribution is 2.37. The van der Waals surface area contributed by atoms with Crippen molar-refractivity contribution in [2.45, 2.75) is 70.9 Å². The van der Waals surface area contributed by atoms with E-state index in [0.717, 1.165) is 12.8 Å². The van der Waals surface area contributed by atoms with E-state index in [1.165, 1.54) is 56.2 Å². The second-order valence-corrected chi connectivity index (χ2v) is 6.80. The lowest BCUT2D eigenvalue weighted by Gasteiger charge is -2.33. The molecule has 21 heavy (non-hydrogen) atoms. The molecule has 1 heterocycles. The fourth-order valence-electron chi connectivity index (χ4n) is 3.91. The van der Waals surface area contributed by atoms with Crippen LogP contribution in [0.4, 0.5) is 0 Å². The Kier molecular flexibility index (Phi) is 4.40. The zero-order valence-corrected chi connectivity index (χ0v) is 13.2. The Morgan fingerprint density at radius 2 is 2.00 bits per heavy atom. The lowest BCUT2D eigenvalue weighted by molar-refractivity contribution is -0.0309. The molecule has 114 valence electrons. The summed E-state index contributed by atoms with van der Waals surface area (Å²) in [7, 11) is 0. The van der Waals surface area contributed by atoms with Crippen molar-refractivity contribution < 1.29 is 4.74 Å². The highest BCUT2D eigenvalue weighted by atomic mass is 16.5. The SMILES string of the molecule is C#CC1(COC(C)n2ccc3c2CCCC3)CCCCC1. The topological polar surface area (TPSA) is 14.2 Å². The molecule has 0 bridgehead atoms. The van der Waals surface area contributed by atoms with Gasteiger partial charge in [0.15, 0.2) is 0 Å². The highest BCUT2D eigenvalue weighted by Gasteiger charge is 2.31. The van der Waals surface area contributed by atoms with Crippen molar-refractivity contribution in [2.75, 3.05) is 6.61 Å². The van der Waals surface area contributed by atoms with Gasteiger partial charge in [-0.05, 0) is 57.1 Å². The third kappa shape index (κ3) is 3.04. The normalized spacial score (nSPS) is 22.3. The number of hydrogen-bond acceptors (Lipinski definition) is 1. The number of nitrogens with zero attached hydrogens (tertiary/aromatic N) is 1. The van der Waals surface area contributed by atoms with Gasteiger partial charge in [-0.3, -0.25) is 0 Å². The Bertz CT molecular complexity index is 516. The zero-order valence-electron chi connectivity index (χ0n) is 13.2. The van der Waals surface area contributed by atoms with Crippen molar-refractivity contribution in [3.63, 3.8) is 0 Å². The summed E-state index contributed by atoms with van der Waals surface area (Å²) < 4.78 is 8.53. The Hall–Kier alpha value is -1.20. The minimum atomic E-state index is -0.0142. The minimum absolute atomic E-state index is 0.0142. The second-order valence-electron chi connectivity index (χ2n) is 6.80. The Morgan fingerprint density at radius 3 is 2.76 bits per heavy atom. The van der Waals surface area contributed by atoms with Crippen LogP contribution in [-0.4, -0.2) is 11.2 Å². The van der Waals surface area contributed by atoms with Crippen LogP contribution in [0.1, 0.15) is 69.4 Å². The van der Waals surface area contributed by atoms with Gasteiger partial charge in [0.05, 0.1) is 12.0 Å². The molecule has 0 N–H and O–H groups in total. The van der Waals surface area contributed by atoms with Crippen LogP contribution in [0.25, 0.3) is 0 Å². The van der Waals surface area contributed by atoms with Gasteiger partial charge in [0.25, 0.3) is 0 Å². The van der Waals surface area contributed by atoms with Crippen LogP contribution in [0.15, 0.2) is 12.3 Å². The molecule has 0 aliphatic heterocycles. The molecule has 2 heteroatoms. The molecular formula is C19H27NO. The molecule has 1 atom stereocenters. The van der Waals surface area contributed by atoms with Gasteiger partial charge in [-0.15, -0.1) is 6.42 Å². The molecule has 0 spiro atoms. The van der Waals surface area contributed by atoms with Crippen molar-refractivity contribution in [2.24, 2.45) is 5.41 Å². The van der Waals surface area contributed by atoms with E-state index in [4.69, 9.17) is 11.2 Å². The number of fused-ring (bicyclic) bond motifs is 1. The van der Waals surface area contributed by atoms with Crippen LogP contribution in [0.2, 0.25) is 0 Å². The number of rotatable bonds is 4. The molecule has 0 amide bonds. The van der Waals surface area contributed by atoms with E-state index in [0.29, 0.717) is 6.61 Å². The van der Waals surface area contributed by atoms with E-state index in [2.05, 4.69) is 29.7 Å². The van der Waals surface area contributed by atoms with Crippen LogP contribution in [0.5, 0.6) is 0 Å². The van der Waals surface area contributed by atoms with Gasteiger partial charge in [-0.25, -0.2) is 0 Å². The van der Waals surface area contributed by atoms with Gasteiger partial charge in [0, 0.05) is 11.9 Å². The number of ether oxygens (including phenoxy) is 1. The van der Waals surface area contributed by atoms with E-state index in [1.54, 1.807) is 0 Å². The van der Waals surface area contributed by atoms with Crippen molar-refractivity contribution in [3.8, 4) is 12.3 Å². The van der Waals surface area contributed by atoms with Gasteiger partial charge in [0.2, 0.25) is 0 Å². The first-order valence-electron chi connectivity index (χ1n) is 8.52. The summed E-state index contributed by atoms with van der Waals surface area (Å²) in [6.07, 6.45) is 19.2. The maximum atomic E-state index is 6.21. The molecule has 1 fully saturated rings. The standard InChI is InChI=1S/C19H27NO/c1-3-19(12-7-4-8-13-19)15-21-16(2)20-14-11-17-9-5-6-10-18(17)20/h1,11,14,16H,4-10,12-13,15H2,2H3. The van der Waals surface area contributed by atoms with Gasteiger partial charge in [-0.2, -0.15) is 0 Å². The molecule has 2 aliphatic carbocycles. The average molecular weight is 285 g/mol.